The highest BCUT2D eigenvalue weighted by Crippen LogP contribution is 2.50. The van der Waals surface area contributed by atoms with E-state index in [0.29, 0.717) is 0 Å². The van der Waals surface area contributed by atoms with Gasteiger partial charge in [-0.2, -0.15) is 0 Å². The summed E-state index contributed by atoms with van der Waals surface area (Å²) in [4.78, 5) is 2.20. The van der Waals surface area contributed by atoms with Crippen molar-refractivity contribution in [3.63, 3.8) is 0 Å². The van der Waals surface area contributed by atoms with E-state index in [4.69, 9.17) is 9.15 Å². The fourth-order valence-electron chi connectivity index (χ4n) is 4.03. The Bertz CT molecular complexity index is 1170. The van der Waals surface area contributed by atoms with Gasteiger partial charge in [0.1, 0.15) is 11.3 Å². The first kappa shape index (κ1) is 16.0. The van der Waals surface area contributed by atoms with Crippen LogP contribution in [0.5, 0.6) is 5.75 Å². The molecule has 2 heterocycles. The van der Waals surface area contributed by atoms with Crippen molar-refractivity contribution >= 4 is 28.2 Å². The maximum Gasteiger partial charge on any atom is 0.209 e. The molecule has 1 aliphatic rings. The predicted octanol–water partition coefficient (Wildman–Crippen LogP) is 6.43. The number of rotatable bonds is 2. The average molecular weight is 355 g/mol. The van der Waals surface area contributed by atoms with Crippen molar-refractivity contribution in [2.75, 3.05) is 12.0 Å². The first-order valence-corrected chi connectivity index (χ1v) is 9.20. The van der Waals surface area contributed by atoms with Crippen LogP contribution in [-0.2, 0) is 6.42 Å². The van der Waals surface area contributed by atoms with Crippen LogP contribution in [0.3, 0.4) is 0 Å². The lowest BCUT2D eigenvalue weighted by atomic mass is 9.95. The molecule has 5 rings (SSSR count). The van der Waals surface area contributed by atoms with Gasteiger partial charge in [-0.25, -0.2) is 0 Å². The summed E-state index contributed by atoms with van der Waals surface area (Å²) in [7, 11) is 1.71. The summed E-state index contributed by atoms with van der Waals surface area (Å²) in [5, 5.41) is 1.19. The highest BCUT2D eigenvalue weighted by molar-refractivity contribution is 5.94. The summed E-state index contributed by atoms with van der Waals surface area (Å²) in [6, 6.07) is 21.1. The van der Waals surface area contributed by atoms with Gasteiger partial charge in [0.15, 0.2) is 0 Å². The smallest absolute Gasteiger partial charge is 0.209 e. The number of nitrogens with zero attached hydrogens (tertiary/aromatic N) is 1. The van der Waals surface area contributed by atoms with Gasteiger partial charge in [0.2, 0.25) is 5.88 Å². The van der Waals surface area contributed by atoms with Crippen molar-refractivity contribution in [3.05, 3.63) is 82.9 Å². The van der Waals surface area contributed by atoms with Crippen LogP contribution in [0.15, 0.2) is 65.1 Å². The number of aryl methyl sites for hydroxylation is 2. The molecular weight excluding hydrogens is 334 g/mol. The fourth-order valence-corrected chi connectivity index (χ4v) is 4.03. The standard InChI is InChI=1S/C24H21NO2/c1-15-8-10-20-17(12-15)14-19-18-13-16(2)9-11-22(18)27-24(19)25(20)21-6-4-5-7-23(21)26-3/h4-13H,14H2,1-3H3. The van der Waals surface area contributed by atoms with Gasteiger partial charge in [-0.3, -0.25) is 4.90 Å². The number of benzene rings is 3. The van der Waals surface area contributed by atoms with Crippen LogP contribution in [0.25, 0.3) is 11.0 Å². The van der Waals surface area contributed by atoms with E-state index >= 15 is 0 Å². The van der Waals surface area contributed by atoms with E-state index in [-0.39, 0.29) is 0 Å². The molecule has 0 saturated carbocycles. The van der Waals surface area contributed by atoms with E-state index in [0.717, 1.165) is 35.0 Å². The Morgan fingerprint density at radius 2 is 1.67 bits per heavy atom. The minimum absolute atomic E-state index is 0.827. The first-order valence-electron chi connectivity index (χ1n) is 9.20. The van der Waals surface area contributed by atoms with Gasteiger partial charge in [-0.15, -0.1) is 0 Å². The summed E-state index contributed by atoms with van der Waals surface area (Å²) in [5.74, 6) is 1.71. The molecule has 4 aromatic rings. The molecule has 3 heteroatoms. The van der Waals surface area contributed by atoms with Crippen LogP contribution in [0.1, 0.15) is 22.3 Å². The SMILES string of the molecule is COc1ccccc1N1c2ccc(C)cc2Cc2c1oc1ccc(C)cc21. The van der Waals surface area contributed by atoms with Crippen LogP contribution in [0.2, 0.25) is 0 Å². The number of hydrogen-bond acceptors (Lipinski definition) is 3. The molecule has 0 atom stereocenters. The van der Waals surface area contributed by atoms with Crippen molar-refractivity contribution in [2.24, 2.45) is 0 Å². The second-order valence-corrected chi connectivity index (χ2v) is 7.20. The molecule has 0 amide bonds. The molecule has 0 aliphatic carbocycles. The molecular formula is C24H21NO2. The van der Waals surface area contributed by atoms with Gasteiger partial charge in [0.05, 0.1) is 18.5 Å². The largest absolute Gasteiger partial charge is 0.495 e. The number of methoxy groups -OCH3 is 1. The van der Waals surface area contributed by atoms with E-state index in [1.54, 1.807) is 7.11 Å². The van der Waals surface area contributed by atoms with E-state index in [9.17, 15) is 0 Å². The first-order chi connectivity index (χ1) is 13.2. The molecule has 1 aliphatic heterocycles. The van der Waals surface area contributed by atoms with Gasteiger partial charge in [0, 0.05) is 17.4 Å². The van der Waals surface area contributed by atoms with Crippen molar-refractivity contribution in [1.82, 2.24) is 0 Å². The minimum Gasteiger partial charge on any atom is -0.495 e. The zero-order chi connectivity index (χ0) is 18.5. The number of para-hydroxylation sites is 2. The highest BCUT2D eigenvalue weighted by atomic mass is 16.5. The third-order valence-corrected chi connectivity index (χ3v) is 5.30. The van der Waals surface area contributed by atoms with Gasteiger partial charge in [0.25, 0.3) is 0 Å². The Morgan fingerprint density at radius 3 is 2.52 bits per heavy atom. The fraction of sp³-hybridized carbons (Fsp3) is 0.167. The third-order valence-electron chi connectivity index (χ3n) is 5.30. The number of anilines is 3. The number of furan rings is 1. The Hall–Kier alpha value is -3.20. The molecule has 0 spiro atoms. The predicted molar refractivity (Wildman–Crippen MR) is 110 cm³/mol. The summed E-state index contributed by atoms with van der Waals surface area (Å²) >= 11 is 0. The van der Waals surface area contributed by atoms with E-state index < -0.39 is 0 Å². The minimum atomic E-state index is 0.827. The Balaban J connectivity index is 1.84. The van der Waals surface area contributed by atoms with Crippen LogP contribution < -0.4 is 9.64 Å². The van der Waals surface area contributed by atoms with E-state index in [1.807, 2.05) is 18.2 Å². The van der Waals surface area contributed by atoms with Gasteiger partial charge in [-0.05, 0) is 49.7 Å². The summed E-state index contributed by atoms with van der Waals surface area (Å²) in [5.41, 5.74) is 8.10. The maximum atomic E-state index is 6.37. The van der Waals surface area contributed by atoms with Crippen molar-refractivity contribution in [3.8, 4) is 5.75 Å². The van der Waals surface area contributed by atoms with Gasteiger partial charge in [-0.1, -0.05) is 41.5 Å². The highest BCUT2D eigenvalue weighted by Gasteiger charge is 2.31. The molecule has 0 unspecified atom stereocenters. The molecule has 0 radical (unpaired) electrons. The summed E-state index contributed by atoms with van der Waals surface area (Å²) in [6.45, 7) is 4.26. The molecule has 3 aromatic carbocycles. The number of ether oxygens (including phenoxy) is 1. The van der Waals surface area contributed by atoms with Crippen LogP contribution in [0, 0.1) is 13.8 Å². The molecule has 1 aromatic heterocycles. The van der Waals surface area contributed by atoms with E-state index in [2.05, 4.69) is 61.2 Å². The second-order valence-electron chi connectivity index (χ2n) is 7.20. The lowest BCUT2D eigenvalue weighted by Gasteiger charge is -2.31. The number of hydrogen-bond donors (Lipinski definition) is 0. The summed E-state index contributed by atoms with van der Waals surface area (Å²) in [6.07, 6.45) is 0.869. The Kier molecular flexibility index (Phi) is 3.51. The normalized spacial score (nSPS) is 12.8. The number of fused-ring (bicyclic) bond motifs is 4. The molecule has 0 fully saturated rings. The second kappa shape index (κ2) is 5.92. The lowest BCUT2D eigenvalue weighted by Crippen LogP contribution is -2.18. The zero-order valence-corrected chi connectivity index (χ0v) is 15.7. The van der Waals surface area contributed by atoms with Crippen molar-refractivity contribution in [2.45, 2.75) is 20.3 Å². The third kappa shape index (κ3) is 2.42. The molecule has 0 bridgehead atoms. The van der Waals surface area contributed by atoms with Crippen molar-refractivity contribution in [1.29, 1.82) is 0 Å². The van der Waals surface area contributed by atoms with E-state index in [1.165, 1.54) is 27.6 Å². The molecule has 0 N–H and O–H groups in total. The van der Waals surface area contributed by atoms with Crippen LogP contribution >= 0.6 is 0 Å². The monoisotopic (exact) mass is 355 g/mol. The molecule has 3 nitrogen and oxygen atoms in total. The average Bonchev–Trinajstić information content (AvgIpc) is 3.03. The van der Waals surface area contributed by atoms with Crippen LogP contribution in [0.4, 0.5) is 17.3 Å². The van der Waals surface area contributed by atoms with Gasteiger partial charge >= 0.3 is 0 Å². The molecule has 0 saturated heterocycles. The Labute approximate surface area is 158 Å². The zero-order valence-electron chi connectivity index (χ0n) is 15.7. The Morgan fingerprint density at radius 1 is 0.889 bits per heavy atom. The van der Waals surface area contributed by atoms with Gasteiger partial charge < -0.3 is 9.15 Å². The molecule has 134 valence electrons. The van der Waals surface area contributed by atoms with Crippen molar-refractivity contribution < 1.29 is 9.15 Å². The topological polar surface area (TPSA) is 25.6 Å². The van der Waals surface area contributed by atoms with Crippen LogP contribution in [-0.4, -0.2) is 7.11 Å². The lowest BCUT2D eigenvalue weighted by molar-refractivity contribution is 0.415. The quantitative estimate of drug-likeness (QED) is 0.365. The molecule has 27 heavy (non-hydrogen) atoms. The maximum absolute atomic E-state index is 6.37. The summed E-state index contributed by atoms with van der Waals surface area (Å²) < 4.78 is 12.0.